The molecule has 10 nitrogen and oxygen atoms in total. The summed E-state index contributed by atoms with van der Waals surface area (Å²) in [7, 11) is 1.73. The van der Waals surface area contributed by atoms with E-state index in [2.05, 4.69) is 46.4 Å². The molecule has 0 aliphatic carbocycles. The molecular formula is C28H32FN7O3. The third-order valence-corrected chi connectivity index (χ3v) is 7.23. The number of benzene rings is 2. The van der Waals surface area contributed by atoms with Crippen LogP contribution in [0.2, 0.25) is 0 Å². The molecule has 0 unspecified atom stereocenters. The highest BCUT2D eigenvalue weighted by Gasteiger charge is 2.34. The van der Waals surface area contributed by atoms with Gasteiger partial charge in [0.15, 0.2) is 5.82 Å². The molecule has 0 saturated carbocycles. The number of hydrogen-bond donors (Lipinski definition) is 2. The first-order valence-electron chi connectivity index (χ1n) is 13.1. The smallest absolute Gasteiger partial charge is 0.316 e. The maximum Gasteiger partial charge on any atom is 0.316 e. The predicted octanol–water partition coefficient (Wildman–Crippen LogP) is 3.51. The monoisotopic (exact) mass is 533 g/mol. The van der Waals surface area contributed by atoms with Gasteiger partial charge in [-0.1, -0.05) is 6.92 Å². The van der Waals surface area contributed by atoms with Crippen LogP contribution < -0.4 is 20.3 Å². The van der Waals surface area contributed by atoms with Crippen molar-refractivity contribution in [2.45, 2.75) is 32.9 Å². The van der Waals surface area contributed by atoms with E-state index in [-0.39, 0.29) is 16.9 Å². The maximum absolute atomic E-state index is 14.7. The minimum absolute atomic E-state index is 0.0809. The summed E-state index contributed by atoms with van der Waals surface area (Å²) in [5.41, 5.74) is 2.29. The largest absolute Gasteiger partial charge is 0.463 e. The minimum Gasteiger partial charge on any atom is -0.463 e. The van der Waals surface area contributed by atoms with Crippen LogP contribution in [0.3, 0.4) is 0 Å². The quantitative estimate of drug-likeness (QED) is 0.388. The number of hydrogen-bond acceptors (Lipinski definition) is 8. The number of carbonyl (C=O) groups is 1. The summed E-state index contributed by atoms with van der Waals surface area (Å²) >= 11 is 0. The molecule has 2 aromatic carbocycles. The zero-order valence-corrected chi connectivity index (χ0v) is 22.5. The van der Waals surface area contributed by atoms with Gasteiger partial charge in [0.05, 0.1) is 24.3 Å². The molecule has 2 fully saturated rings. The van der Waals surface area contributed by atoms with Crippen molar-refractivity contribution in [3.63, 3.8) is 0 Å². The topological polar surface area (TPSA) is 106 Å². The van der Waals surface area contributed by atoms with Crippen LogP contribution in [0.4, 0.5) is 15.8 Å². The van der Waals surface area contributed by atoms with Crippen LogP contribution in [0.5, 0.6) is 6.01 Å². The van der Waals surface area contributed by atoms with Crippen LogP contribution in [0.15, 0.2) is 36.7 Å². The molecule has 2 N–H and O–H groups in total. The maximum atomic E-state index is 14.7. The molecule has 2 aliphatic heterocycles. The molecule has 4 aromatic rings. The van der Waals surface area contributed by atoms with Gasteiger partial charge in [0.2, 0.25) is 0 Å². The summed E-state index contributed by atoms with van der Waals surface area (Å²) < 4.78 is 27.5. The normalized spacial score (nSPS) is 20.7. The summed E-state index contributed by atoms with van der Waals surface area (Å²) in [6, 6.07) is 7.49. The molecule has 1 amide bonds. The molecule has 4 heterocycles. The number of anilines is 2. The molecular weight excluding hydrogens is 501 g/mol. The third-order valence-electron chi connectivity index (χ3n) is 7.23. The van der Waals surface area contributed by atoms with Crippen molar-refractivity contribution in [1.29, 1.82) is 0 Å². The number of fused-ring (bicyclic) bond motifs is 2. The average molecular weight is 534 g/mol. The summed E-state index contributed by atoms with van der Waals surface area (Å²) in [6.07, 6.45) is 3.43. The Morgan fingerprint density at radius 2 is 2.00 bits per heavy atom. The van der Waals surface area contributed by atoms with Gasteiger partial charge < -0.3 is 25.0 Å². The second kappa shape index (κ2) is 9.73. The molecule has 2 saturated heterocycles. The molecule has 2 aliphatic rings. The van der Waals surface area contributed by atoms with E-state index in [1.165, 1.54) is 10.7 Å². The predicted molar refractivity (Wildman–Crippen MR) is 147 cm³/mol. The standard InChI is InChI=1S/C28H32FN7O3/c1-16-10-36(11-17(2)31-16)23-6-5-20(25-21(23)9-30-27(33-25)39-15-28(3)13-38-14-28)26(37)32-19-7-18-12-35(4)34-24(18)22(29)8-19/h5-9,12,16-17,31H,10-11,13-15H2,1-4H3,(H,32,37)/t16-,17+. The van der Waals surface area contributed by atoms with Crippen LogP contribution >= 0.6 is 0 Å². The molecule has 39 heavy (non-hydrogen) atoms. The Bertz CT molecular complexity index is 1560. The number of aryl methyl sites for hydroxylation is 1. The van der Waals surface area contributed by atoms with Gasteiger partial charge in [-0.2, -0.15) is 10.1 Å². The van der Waals surface area contributed by atoms with Crippen molar-refractivity contribution >= 4 is 39.1 Å². The van der Waals surface area contributed by atoms with Crippen molar-refractivity contribution in [3.05, 3.63) is 48.0 Å². The number of piperazine rings is 1. The molecule has 11 heteroatoms. The van der Waals surface area contributed by atoms with Gasteiger partial charge in [-0.05, 0) is 38.1 Å². The lowest BCUT2D eigenvalue weighted by molar-refractivity contribution is -0.121. The number of halogens is 1. The molecule has 0 radical (unpaired) electrons. The Morgan fingerprint density at radius 1 is 1.23 bits per heavy atom. The number of aromatic nitrogens is 4. The summed E-state index contributed by atoms with van der Waals surface area (Å²) in [5.74, 6) is -0.905. The number of nitrogens with zero attached hydrogens (tertiary/aromatic N) is 5. The molecule has 204 valence electrons. The lowest BCUT2D eigenvalue weighted by Gasteiger charge is -2.38. The molecule has 2 atom stereocenters. The number of carbonyl (C=O) groups excluding carboxylic acids is 1. The zero-order chi connectivity index (χ0) is 27.3. The SMILES string of the molecule is C[C@@H]1CN(c2ccc(C(=O)Nc3cc(F)c4nn(C)cc4c3)c3nc(OCC4(C)COC4)ncc23)C[C@H](C)N1. The fourth-order valence-electron chi connectivity index (χ4n) is 5.40. The Kier molecular flexibility index (Phi) is 6.35. The van der Waals surface area contributed by atoms with Crippen molar-refractivity contribution in [1.82, 2.24) is 25.1 Å². The Balaban J connectivity index is 1.37. The fraction of sp³-hybridized carbons (Fsp3) is 0.429. The first kappa shape index (κ1) is 25.4. The first-order valence-corrected chi connectivity index (χ1v) is 13.1. The first-order chi connectivity index (χ1) is 18.7. The number of ether oxygens (including phenoxy) is 2. The van der Waals surface area contributed by atoms with E-state index in [1.54, 1.807) is 31.6 Å². The number of nitrogens with one attached hydrogen (secondary N) is 2. The highest BCUT2D eigenvalue weighted by Crippen LogP contribution is 2.32. The van der Waals surface area contributed by atoms with Gasteiger partial charge in [-0.15, -0.1) is 0 Å². The fourth-order valence-corrected chi connectivity index (χ4v) is 5.40. The lowest BCUT2D eigenvalue weighted by Crippen LogP contribution is -2.54. The van der Waals surface area contributed by atoms with Gasteiger partial charge in [-0.25, -0.2) is 9.37 Å². The van der Waals surface area contributed by atoms with Crippen LogP contribution in [0.25, 0.3) is 21.8 Å². The molecule has 2 aromatic heterocycles. The second-order valence-electron chi connectivity index (χ2n) is 11.2. The molecule has 0 bridgehead atoms. The lowest BCUT2D eigenvalue weighted by atomic mass is 9.90. The van der Waals surface area contributed by atoms with Crippen LogP contribution in [0.1, 0.15) is 31.1 Å². The van der Waals surface area contributed by atoms with Crippen molar-refractivity contribution in [2.24, 2.45) is 12.5 Å². The van der Waals surface area contributed by atoms with Gasteiger partial charge >= 0.3 is 6.01 Å². The Morgan fingerprint density at radius 3 is 2.72 bits per heavy atom. The highest BCUT2D eigenvalue weighted by atomic mass is 19.1. The Labute approximate surface area is 225 Å². The van der Waals surface area contributed by atoms with Crippen molar-refractivity contribution in [3.8, 4) is 6.01 Å². The van der Waals surface area contributed by atoms with Crippen LogP contribution in [0, 0.1) is 11.2 Å². The minimum atomic E-state index is -0.503. The number of amides is 1. The van der Waals surface area contributed by atoms with E-state index in [1.807, 2.05) is 6.07 Å². The van der Waals surface area contributed by atoms with Gasteiger partial charge in [0.1, 0.15) is 12.1 Å². The number of rotatable bonds is 6. The van der Waals surface area contributed by atoms with E-state index < -0.39 is 11.7 Å². The summed E-state index contributed by atoms with van der Waals surface area (Å²) in [4.78, 5) is 25.0. The van der Waals surface area contributed by atoms with E-state index in [0.29, 0.717) is 54.1 Å². The van der Waals surface area contributed by atoms with E-state index in [9.17, 15) is 9.18 Å². The van der Waals surface area contributed by atoms with Crippen molar-refractivity contribution < 1.29 is 18.7 Å². The van der Waals surface area contributed by atoms with Crippen LogP contribution in [-0.2, 0) is 11.8 Å². The second-order valence-corrected chi connectivity index (χ2v) is 11.2. The zero-order valence-electron chi connectivity index (χ0n) is 22.5. The summed E-state index contributed by atoms with van der Waals surface area (Å²) in [5, 5.41) is 11.9. The molecule has 0 spiro atoms. The van der Waals surface area contributed by atoms with Gasteiger partial charge in [-0.3, -0.25) is 9.48 Å². The van der Waals surface area contributed by atoms with Gasteiger partial charge in [0, 0.05) is 72.2 Å². The van der Waals surface area contributed by atoms with Gasteiger partial charge in [0.25, 0.3) is 5.91 Å². The Hall–Kier alpha value is -3.83. The van der Waals surface area contributed by atoms with Crippen LogP contribution in [-0.4, -0.2) is 70.6 Å². The van der Waals surface area contributed by atoms with E-state index in [0.717, 1.165) is 24.2 Å². The highest BCUT2D eigenvalue weighted by molar-refractivity contribution is 6.14. The third kappa shape index (κ3) is 4.99. The average Bonchev–Trinajstić information content (AvgIpc) is 3.25. The van der Waals surface area contributed by atoms with E-state index in [4.69, 9.17) is 14.5 Å². The summed E-state index contributed by atoms with van der Waals surface area (Å²) in [6.45, 7) is 9.66. The van der Waals surface area contributed by atoms with Crippen molar-refractivity contribution in [2.75, 3.05) is 43.1 Å². The van der Waals surface area contributed by atoms with E-state index >= 15 is 0 Å². The molecule has 6 rings (SSSR count).